The van der Waals surface area contributed by atoms with Crippen LogP contribution in [0.2, 0.25) is 0 Å². The van der Waals surface area contributed by atoms with Crippen LogP contribution in [0.1, 0.15) is 42.1 Å². The summed E-state index contributed by atoms with van der Waals surface area (Å²) in [5, 5.41) is 0. The molecule has 0 aromatic heterocycles. The molecule has 0 amide bonds. The summed E-state index contributed by atoms with van der Waals surface area (Å²) in [5.41, 5.74) is 2.22. The summed E-state index contributed by atoms with van der Waals surface area (Å²) in [6.07, 6.45) is 4.38. The lowest BCUT2D eigenvalue weighted by molar-refractivity contribution is 0.0929. The van der Waals surface area contributed by atoms with Gasteiger partial charge in [-0.25, -0.2) is 0 Å². The summed E-state index contributed by atoms with van der Waals surface area (Å²) in [7, 11) is 0. The molecule has 2 rings (SSSR count). The molecule has 0 saturated carbocycles. The number of hydrogen-bond donors (Lipinski definition) is 0. The minimum absolute atomic E-state index is 0.271. The Labute approximate surface area is 85.1 Å². The second kappa shape index (κ2) is 3.95. The zero-order valence-corrected chi connectivity index (χ0v) is 8.62. The number of ketones is 1. The Morgan fingerprint density at radius 3 is 2.86 bits per heavy atom. The number of Topliss-reactive ketones (excluding diaryl/α,β-unsaturated/α-hetero) is 1. The smallest absolute Gasteiger partial charge is 0.166 e. The van der Waals surface area contributed by atoms with E-state index in [-0.39, 0.29) is 5.92 Å². The monoisotopic (exact) mass is 188 g/mol. The van der Waals surface area contributed by atoms with Gasteiger partial charge in [0.15, 0.2) is 5.78 Å². The molecule has 0 fully saturated rings. The van der Waals surface area contributed by atoms with E-state index >= 15 is 0 Å². The number of unbranched alkanes of at least 4 members (excludes halogenated alkanes) is 1. The van der Waals surface area contributed by atoms with E-state index in [1.807, 2.05) is 18.2 Å². The van der Waals surface area contributed by atoms with E-state index in [0.29, 0.717) is 5.78 Å². The number of fused-ring (bicyclic) bond motifs is 1. The van der Waals surface area contributed by atoms with Gasteiger partial charge in [-0.05, 0) is 18.4 Å². The van der Waals surface area contributed by atoms with Gasteiger partial charge in [-0.15, -0.1) is 0 Å². The van der Waals surface area contributed by atoms with E-state index < -0.39 is 0 Å². The van der Waals surface area contributed by atoms with Crippen LogP contribution in [0.3, 0.4) is 0 Å². The van der Waals surface area contributed by atoms with Crippen LogP contribution in [0.5, 0.6) is 0 Å². The van der Waals surface area contributed by atoms with E-state index in [1.165, 1.54) is 18.4 Å². The van der Waals surface area contributed by atoms with Crippen LogP contribution in [0.25, 0.3) is 0 Å². The summed E-state index contributed by atoms with van der Waals surface area (Å²) in [6, 6.07) is 8.02. The van der Waals surface area contributed by atoms with Gasteiger partial charge in [0, 0.05) is 11.5 Å². The van der Waals surface area contributed by atoms with Gasteiger partial charge in [0.2, 0.25) is 0 Å². The zero-order chi connectivity index (χ0) is 9.97. The third-order valence-corrected chi connectivity index (χ3v) is 3.03. The van der Waals surface area contributed by atoms with E-state index in [0.717, 1.165) is 18.4 Å². The van der Waals surface area contributed by atoms with Crippen LogP contribution in [0.15, 0.2) is 24.3 Å². The Hall–Kier alpha value is -1.11. The van der Waals surface area contributed by atoms with Crippen molar-refractivity contribution in [2.75, 3.05) is 0 Å². The molecule has 0 saturated heterocycles. The minimum atomic E-state index is 0.271. The van der Waals surface area contributed by atoms with Crippen molar-refractivity contribution in [2.45, 2.75) is 32.6 Å². The first-order valence-electron chi connectivity index (χ1n) is 5.45. The van der Waals surface area contributed by atoms with Gasteiger partial charge < -0.3 is 0 Å². The molecule has 0 radical (unpaired) electrons. The van der Waals surface area contributed by atoms with Gasteiger partial charge in [0.25, 0.3) is 0 Å². The van der Waals surface area contributed by atoms with Crippen molar-refractivity contribution >= 4 is 5.78 Å². The van der Waals surface area contributed by atoms with Crippen molar-refractivity contribution in [3.05, 3.63) is 35.4 Å². The lowest BCUT2D eigenvalue weighted by Gasteiger charge is -2.05. The number of rotatable bonds is 3. The molecule has 14 heavy (non-hydrogen) atoms. The fourth-order valence-electron chi connectivity index (χ4n) is 2.20. The van der Waals surface area contributed by atoms with Crippen LogP contribution >= 0.6 is 0 Å². The molecule has 0 unspecified atom stereocenters. The first kappa shape index (κ1) is 9.45. The molecular weight excluding hydrogens is 172 g/mol. The molecule has 1 atom stereocenters. The highest BCUT2D eigenvalue weighted by atomic mass is 16.1. The molecule has 0 spiro atoms. The third-order valence-electron chi connectivity index (χ3n) is 3.03. The summed E-state index contributed by atoms with van der Waals surface area (Å²) >= 11 is 0. The van der Waals surface area contributed by atoms with Gasteiger partial charge in [-0.1, -0.05) is 44.0 Å². The van der Waals surface area contributed by atoms with Gasteiger partial charge >= 0.3 is 0 Å². The number of hydrogen-bond acceptors (Lipinski definition) is 1. The van der Waals surface area contributed by atoms with Crippen molar-refractivity contribution < 1.29 is 4.79 Å². The molecule has 0 bridgehead atoms. The van der Waals surface area contributed by atoms with Crippen LogP contribution in [0, 0.1) is 5.92 Å². The van der Waals surface area contributed by atoms with Crippen LogP contribution in [0.4, 0.5) is 0 Å². The predicted molar refractivity (Wildman–Crippen MR) is 57.5 cm³/mol. The second-order valence-electron chi connectivity index (χ2n) is 4.06. The largest absolute Gasteiger partial charge is 0.294 e. The predicted octanol–water partition coefficient (Wildman–Crippen LogP) is 3.23. The van der Waals surface area contributed by atoms with Crippen molar-refractivity contribution in [2.24, 2.45) is 5.92 Å². The normalized spacial score (nSPS) is 19.8. The van der Waals surface area contributed by atoms with Crippen molar-refractivity contribution in [3.8, 4) is 0 Å². The van der Waals surface area contributed by atoms with Crippen LogP contribution in [-0.4, -0.2) is 5.78 Å². The molecule has 1 aliphatic rings. The number of benzene rings is 1. The zero-order valence-electron chi connectivity index (χ0n) is 8.62. The third kappa shape index (κ3) is 1.59. The average Bonchev–Trinajstić information content (AvgIpc) is 2.54. The number of carbonyl (C=O) groups excluding carboxylic acids is 1. The van der Waals surface area contributed by atoms with Gasteiger partial charge in [0.05, 0.1) is 0 Å². The SMILES string of the molecule is CCCC[C@H]1Cc2ccccc2C1=O. The molecule has 0 N–H and O–H groups in total. The Morgan fingerprint density at radius 2 is 2.14 bits per heavy atom. The van der Waals surface area contributed by atoms with Crippen LogP contribution in [-0.2, 0) is 6.42 Å². The Kier molecular flexibility index (Phi) is 2.67. The van der Waals surface area contributed by atoms with Gasteiger partial charge in [-0.2, -0.15) is 0 Å². The molecule has 0 aliphatic heterocycles. The fraction of sp³-hybridized carbons (Fsp3) is 0.462. The second-order valence-corrected chi connectivity index (χ2v) is 4.06. The molecule has 1 aromatic carbocycles. The summed E-state index contributed by atoms with van der Waals surface area (Å²) in [6.45, 7) is 2.17. The van der Waals surface area contributed by atoms with E-state index in [4.69, 9.17) is 0 Å². The fourth-order valence-corrected chi connectivity index (χ4v) is 2.20. The maximum atomic E-state index is 11.9. The quantitative estimate of drug-likeness (QED) is 0.711. The maximum absolute atomic E-state index is 11.9. The molecule has 1 aromatic rings. The Morgan fingerprint density at radius 1 is 1.36 bits per heavy atom. The molecule has 74 valence electrons. The van der Waals surface area contributed by atoms with Crippen molar-refractivity contribution in [3.63, 3.8) is 0 Å². The van der Waals surface area contributed by atoms with Gasteiger partial charge in [0.1, 0.15) is 0 Å². The Bertz CT molecular complexity index is 341. The van der Waals surface area contributed by atoms with Crippen molar-refractivity contribution in [1.82, 2.24) is 0 Å². The highest BCUT2D eigenvalue weighted by Crippen LogP contribution is 2.29. The maximum Gasteiger partial charge on any atom is 0.166 e. The highest BCUT2D eigenvalue weighted by Gasteiger charge is 2.28. The Balaban J connectivity index is 2.13. The average molecular weight is 188 g/mol. The first-order chi connectivity index (χ1) is 6.83. The first-order valence-corrected chi connectivity index (χ1v) is 5.45. The topological polar surface area (TPSA) is 17.1 Å². The van der Waals surface area contributed by atoms with E-state index in [9.17, 15) is 4.79 Å². The standard InChI is InChI=1S/C13H16O/c1-2-3-6-11-9-10-7-4-5-8-12(10)13(11)14/h4-5,7-8,11H,2-3,6,9H2,1H3/t11-/m0/s1. The van der Waals surface area contributed by atoms with E-state index in [2.05, 4.69) is 13.0 Å². The molecule has 1 aliphatic carbocycles. The lowest BCUT2D eigenvalue weighted by Crippen LogP contribution is -2.08. The molecular formula is C13H16O. The molecule has 0 heterocycles. The van der Waals surface area contributed by atoms with Crippen molar-refractivity contribution in [1.29, 1.82) is 0 Å². The molecule has 1 nitrogen and oxygen atoms in total. The van der Waals surface area contributed by atoms with E-state index in [1.54, 1.807) is 0 Å². The number of carbonyl (C=O) groups is 1. The highest BCUT2D eigenvalue weighted by molar-refractivity contribution is 6.02. The lowest BCUT2D eigenvalue weighted by atomic mass is 9.98. The summed E-state index contributed by atoms with van der Waals surface area (Å²) in [4.78, 5) is 11.9. The minimum Gasteiger partial charge on any atom is -0.294 e. The summed E-state index contributed by atoms with van der Waals surface area (Å²) in [5.74, 6) is 0.640. The molecule has 1 heteroatoms. The van der Waals surface area contributed by atoms with Crippen LogP contribution < -0.4 is 0 Å². The van der Waals surface area contributed by atoms with Gasteiger partial charge in [-0.3, -0.25) is 4.79 Å². The summed E-state index contributed by atoms with van der Waals surface area (Å²) < 4.78 is 0.